The third-order valence-electron chi connectivity index (χ3n) is 3.74. The monoisotopic (exact) mass is 358 g/mol. The van der Waals surface area contributed by atoms with Gasteiger partial charge >= 0.3 is 0 Å². The van der Waals surface area contributed by atoms with Crippen LogP contribution in [0.3, 0.4) is 0 Å². The summed E-state index contributed by atoms with van der Waals surface area (Å²) in [5.41, 5.74) is 0.967. The second-order valence-corrected chi connectivity index (χ2v) is 6.70. The van der Waals surface area contributed by atoms with Crippen LogP contribution in [0.25, 0.3) is 0 Å². The number of rotatable bonds is 3. The number of carbonyl (C=O) groups is 1. The van der Waals surface area contributed by atoms with E-state index in [0.717, 1.165) is 36.2 Å². The Labute approximate surface area is 134 Å². The second-order valence-electron chi connectivity index (χ2n) is 5.44. The molecule has 5 heteroatoms. The highest BCUT2D eigenvalue weighted by molar-refractivity contribution is 9.10. The molecule has 110 valence electrons. The molecule has 0 saturated carbocycles. The van der Waals surface area contributed by atoms with Gasteiger partial charge < -0.3 is 4.90 Å². The summed E-state index contributed by atoms with van der Waals surface area (Å²) in [7, 11) is 0. The Kier molecular flexibility index (Phi) is 5.47. The normalized spacial score (nSPS) is 16.8. The molecule has 0 spiro atoms. The van der Waals surface area contributed by atoms with Crippen molar-refractivity contribution in [2.24, 2.45) is 0 Å². The minimum absolute atomic E-state index is 0.187. The molecule has 1 aliphatic heterocycles. The molecule has 0 unspecified atom stereocenters. The molecule has 20 heavy (non-hydrogen) atoms. The molecular weight excluding hydrogens is 340 g/mol. The van der Waals surface area contributed by atoms with Gasteiger partial charge in [0.05, 0.1) is 11.4 Å². The summed E-state index contributed by atoms with van der Waals surface area (Å²) in [4.78, 5) is 16.6. The number of halogens is 2. The smallest absolute Gasteiger partial charge is 0.227 e. The molecule has 0 aliphatic carbocycles. The predicted molar refractivity (Wildman–Crippen MR) is 86.1 cm³/mol. The number of nitrogens with zero attached hydrogens (tertiary/aromatic N) is 2. The minimum Gasteiger partial charge on any atom is -0.340 e. The molecule has 0 bridgehead atoms. The van der Waals surface area contributed by atoms with Crippen LogP contribution >= 0.6 is 27.5 Å². The van der Waals surface area contributed by atoms with E-state index in [0.29, 0.717) is 17.5 Å². The van der Waals surface area contributed by atoms with Crippen molar-refractivity contribution in [1.82, 2.24) is 9.80 Å². The first-order chi connectivity index (χ1) is 9.47. The highest BCUT2D eigenvalue weighted by atomic mass is 79.9. The fraction of sp³-hybridized carbons (Fsp3) is 0.533. The summed E-state index contributed by atoms with van der Waals surface area (Å²) < 4.78 is 0.862. The third-order valence-corrected chi connectivity index (χ3v) is 4.97. The predicted octanol–water partition coefficient (Wildman–Crippen LogP) is 3.20. The van der Waals surface area contributed by atoms with Crippen LogP contribution < -0.4 is 0 Å². The molecule has 0 N–H and O–H groups in total. The SMILES string of the molecule is CC(C)N1CCN(C(=O)Cc2ccc(Br)c(Cl)c2)CC1. The number of benzene rings is 1. The van der Waals surface area contributed by atoms with Gasteiger partial charge in [0.1, 0.15) is 0 Å². The summed E-state index contributed by atoms with van der Waals surface area (Å²) in [5.74, 6) is 0.187. The lowest BCUT2D eigenvalue weighted by Crippen LogP contribution is -2.51. The zero-order valence-corrected chi connectivity index (χ0v) is 14.2. The Balaban J connectivity index is 1.91. The average molecular weight is 360 g/mol. The van der Waals surface area contributed by atoms with Gasteiger partial charge in [-0.25, -0.2) is 0 Å². The Hall–Kier alpha value is -0.580. The summed E-state index contributed by atoms with van der Waals surface area (Å²) in [5, 5.41) is 0.653. The molecule has 1 aliphatic rings. The van der Waals surface area contributed by atoms with E-state index >= 15 is 0 Å². The number of carbonyl (C=O) groups excluding carboxylic acids is 1. The van der Waals surface area contributed by atoms with Crippen LogP contribution in [0.1, 0.15) is 19.4 Å². The molecule has 1 heterocycles. The molecule has 1 amide bonds. The Bertz CT molecular complexity index is 485. The molecule has 1 saturated heterocycles. The summed E-state index contributed by atoms with van der Waals surface area (Å²) >= 11 is 9.42. The van der Waals surface area contributed by atoms with Crippen LogP contribution in [0.15, 0.2) is 22.7 Å². The molecule has 3 nitrogen and oxygen atoms in total. The number of hydrogen-bond donors (Lipinski definition) is 0. The quantitative estimate of drug-likeness (QED) is 0.827. The van der Waals surface area contributed by atoms with Crippen molar-refractivity contribution in [1.29, 1.82) is 0 Å². The zero-order chi connectivity index (χ0) is 14.7. The van der Waals surface area contributed by atoms with Gasteiger partial charge in [-0.3, -0.25) is 9.69 Å². The van der Waals surface area contributed by atoms with Crippen molar-refractivity contribution in [3.05, 3.63) is 33.3 Å². The largest absolute Gasteiger partial charge is 0.340 e. The average Bonchev–Trinajstić information content (AvgIpc) is 2.43. The number of hydrogen-bond acceptors (Lipinski definition) is 2. The van der Waals surface area contributed by atoms with Gasteiger partial charge in [0.25, 0.3) is 0 Å². The van der Waals surface area contributed by atoms with E-state index in [1.165, 1.54) is 0 Å². The van der Waals surface area contributed by atoms with Gasteiger partial charge in [-0.05, 0) is 47.5 Å². The highest BCUT2D eigenvalue weighted by Crippen LogP contribution is 2.23. The fourth-order valence-corrected chi connectivity index (χ4v) is 2.87. The molecule has 2 rings (SSSR count). The van der Waals surface area contributed by atoms with Crippen LogP contribution in [0, 0.1) is 0 Å². The van der Waals surface area contributed by atoms with Crippen LogP contribution in [0.4, 0.5) is 0 Å². The van der Waals surface area contributed by atoms with Crippen LogP contribution in [-0.2, 0) is 11.2 Å². The van der Waals surface area contributed by atoms with Gasteiger partial charge in [0.2, 0.25) is 5.91 Å². The van der Waals surface area contributed by atoms with E-state index in [-0.39, 0.29) is 5.91 Å². The van der Waals surface area contributed by atoms with Gasteiger partial charge in [-0.2, -0.15) is 0 Å². The standard InChI is InChI=1S/C15H20BrClN2O/c1-11(2)18-5-7-19(8-6-18)15(20)10-12-3-4-13(16)14(17)9-12/h3-4,9,11H,5-8,10H2,1-2H3. The maximum absolute atomic E-state index is 12.3. The molecule has 0 radical (unpaired) electrons. The first kappa shape index (κ1) is 15.8. The van der Waals surface area contributed by atoms with Gasteiger partial charge in [0.15, 0.2) is 0 Å². The molecule has 1 fully saturated rings. The summed E-state index contributed by atoms with van der Waals surface area (Å²) in [6, 6.07) is 6.24. The van der Waals surface area contributed by atoms with E-state index in [1.807, 2.05) is 23.1 Å². The van der Waals surface area contributed by atoms with Crippen LogP contribution in [0.5, 0.6) is 0 Å². The number of piperazine rings is 1. The molecular formula is C15H20BrClN2O. The Morgan fingerprint density at radius 3 is 2.50 bits per heavy atom. The lowest BCUT2D eigenvalue weighted by molar-refractivity contribution is -0.132. The lowest BCUT2D eigenvalue weighted by Gasteiger charge is -2.37. The van der Waals surface area contributed by atoms with Crippen molar-refractivity contribution in [2.75, 3.05) is 26.2 Å². The summed E-state index contributed by atoms with van der Waals surface area (Å²) in [6.07, 6.45) is 0.425. The fourth-order valence-electron chi connectivity index (χ4n) is 2.42. The molecule has 1 aromatic carbocycles. The van der Waals surface area contributed by atoms with Gasteiger partial charge in [-0.15, -0.1) is 0 Å². The van der Waals surface area contributed by atoms with Crippen molar-refractivity contribution >= 4 is 33.4 Å². The third kappa shape index (κ3) is 3.96. The first-order valence-corrected chi connectivity index (χ1v) is 8.10. The van der Waals surface area contributed by atoms with Gasteiger partial charge in [0, 0.05) is 36.7 Å². The topological polar surface area (TPSA) is 23.6 Å². The maximum Gasteiger partial charge on any atom is 0.227 e. The van der Waals surface area contributed by atoms with E-state index in [2.05, 4.69) is 34.7 Å². The van der Waals surface area contributed by atoms with Crippen molar-refractivity contribution < 1.29 is 4.79 Å². The minimum atomic E-state index is 0.187. The van der Waals surface area contributed by atoms with E-state index in [9.17, 15) is 4.79 Å². The van der Waals surface area contributed by atoms with Crippen LogP contribution in [0.2, 0.25) is 5.02 Å². The van der Waals surface area contributed by atoms with Crippen molar-refractivity contribution in [3.8, 4) is 0 Å². The maximum atomic E-state index is 12.3. The molecule has 0 aromatic heterocycles. The van der Waals surface area contributed by atoms with E-state index in [4.69, 9.17) is 11.6 Å². The zero-order valence-electron chi connectivity index (χ0n) is 11.9. The molecule has 1 aromatic rings. The van der Waals surface area contributed by atoms with E-state index in [1.54, 1.807) is 0 Å². The van der Waals surface area contributed by atoms with Crippen molar-refractivity contribution in [3.63, 3.8) is 0 Å². The first-order valence-electron chi connectivity index (χ1n) is 6.93. The highest BCUT2D eigenvalue weighted by Gasteiger charge is 2.22. The molecule has 0 atom stereocenters. The second kappa shape index (κ2) is 6.92. The Morgan fingerprint density at radius 2 is 1.95 bits per heavy atom. The van der Waals surface area contributed by atoms with Crippen LogP contribution in [-0.4, -0.2) is 47.9 Å². The lowest BCUT2D eigenvalue weighted by atomic mass is 10.1. The van der Waals surface area contributed by atoms with Crippen molar-refractivity contribution in [2.45, 2.75) is 26.3 Å². The summed E-state index contributed by atoms with van der Waals surface area (Å²) in [6.45, 7) is 7.96. The Morgan fingerprint density at radius 1 is 1.30 bits per heavy atom. The van der Waals surface area contributed by atoms with Gasteiger partial charge in [-0.1, -0.05) is 17.7 Å². The number of amides is 1. The van der Waals surface area contributed by atoms with E-state index < -0.39 is 0 Å².